The number of anilines is 2. The van der Waals surface area contributed by atoms with Crippen LogP contribution < -0.4 is 14.5 Å². The Balaban J connectivity index is 1.47. The highest BCUT2D eigenvalue weighted by Crippen LogP contribution is 2.65. The predicted octanol–water partition coefficient (Wildman–Crippen LogP) is 10.8. The van der Waals surface area contributed by atoms with Gasteiger partial charge in [0.05, 0.1) is 48.1 Å². The molecule has 0 unspecified atom stereocenters. The number of rotatable bonds is 0. The Hall–Kier alpha value is -2.83. The Kier molecular flexibility index (Phi) is 6.08. The van der Waals surface area contributed by atoms with Gasteiger partial charge >= 0.3 is 5.97 Å². The number of halogens is 4. The molecule has 6 aliphatic heterocycles. The van der Waals surface area contributed by atoms with Gasteiger partial charge < -0.3 is 19.3 Å². The van der Waals surface area contributed by atoms with Gasteiger partial charge in [0.2, 0.25) is 0 Å². The van der Waals surface area contributed by atoms with Crippen LogP contribution in [-0.4, -0.2) is 30.1 Å². The molecule has 0 amide bonds. The third-order valence-corrected chi connectivity index (χ3v) is 13.1. The molecule has 0 N–H and O–H groups in total. The first-order chi connectivity index (χ1) is 22.2. The summed E-state index contributed by atoms with van der Waals surface area (Å²) in [7, 11) is 0. The first-order valence-electron chi connectivity index (χ1n) is 16.3. The van der Waals surface area contributed by atoms with E-state index < -0.39 is 11.6 Å². The van der Waals surface area contributed by atoms with Gasteiger partial charge in [0.25, 0.3) is 0 Å². The number of benzene rings is 3. The fourth-order valence-electron chi connectivity index (χ4n) is 9.46. The summed E-state index contributed by atoms with van der Waals surface area (Å²) in [5.74, 6) is 0.856. The van der Waals surface area contributed by atoms with E-state index >= 15 is 0 Å². The number of allylic oxidation sites excluding steroid dienone is 2. The Morgan fingerprint density at radius 1 is 0.702 bits per heavy atom. The number of carbonyl (C=O) groups is 1. The van der Waals surface area contributed by atoms with E-state index in [-0.39, 0.29) is 36.7 Å². The predicted molar refractivity (Wildman–Crippen MR) is 192 cm³/mol. The van der Waals surface area contributed by atoms with Gasteiger partial charge in [-0.1, -0.05) is 58.6 Å². The fourth-order valence-corrected chi connectivity index (χ4v) is 10.5. The molecule has 242 valence electrons. The molecule has 0 aromatic heterocycles. The van der Waals surface area contributed by atoms with Crippen LogP contribution in [0.3, 0.4) is 0 Å². The van der Waals surface area contributed by atoms with Gasteiger partial charge in [0.15, 0.2) is 5.60 Å². The molecule has 9 rings (SSSR count). The van der Waals surface area contributed by atoms with Crippen LogP contribution in [0, 0.1) is 0 Å². The second-order valence-electron chi connectivity index (χ2n) is 14.9. The average Bonchev–Trinajstić information content (AvgIpc) is 3.33. The van der Waals surface area contributed by atoms with E-state index in [1.165, 1.54) is 11.4 Å². The Labute approximate surface area is 295 Å². The Morgan fingerprint density at radius 2 is 1.17 bits per heavy atom. The second-order valence-corrected chi connectivity index (χ2v) is 16.4. The van der Waals surface area contributed by atoms with Gasteiger partial charge in [-0.15, -0.1) is 0 Å². The van der Waals surface area contributed by atoms with Gasteiger partial charge in [-0.25, -0.2) is 4.79 Å². The maximum atomic E-state index is 14.2. The zero-order chi connectivity index (χ0) is 33.1. The molecular weight excluding hydrogens is 674 g/mol. The molecule has 0 saturated heterocycles. The summed E-state index contributed by atoms with van der Waals surface area (Å²) in [5, 5.41) is 0.326. The maximum absolute atomic E-state index is 14.2. The fraction of sp³-hybridized carbons (Fsp3) is 0.395. The van der Waals surface area contributed by atoms with E-state index in [0.29, 0.717) is 5.56 Å². The number of ether oxygens (including phenoxy) is 2. The molecular formula is C38H34Cl4N2O3. The summed E-state index contributed by atoms with van der Waals surface area (Å²) in [6.45, 7) is 15.2. The van der Waals surface area contributed by atoms with Crippen molar-refractivity contribution in [1.82, 2.24) is 0 Å². The highest BCUT2D eigenvalue weighted by atomic mass is 35.5. The number of carbonyl (C=O) groups excluding carboxylic acids is 1. The van der Waals surface area contributed by atoms with E-state index in [2.05, 4.69) is 75.6 Å². The highest BCUT2D eigenvalue weighted by Gasteiger charge is 2.59. The van der Waals surface area contributed by atoms with Crippen molar-refractivity contribution in [2.75, 3.05) is 22.9 Å². The van der Waals surface area contributed by atoms with Crippen LogP contribution in [0.15, 0.2) is 24.3 Å². The Bertz CT molecular complexity index is 2010. The largest absolute Gasteiger partial charge is 0.456 e. The molecule has 0 fully saturated rings. The molecule has 47 heavy (non-hydrogen) atoms. The summed E-state index contributed by atoms with van der Waals surface area (Å²) in [4.78, 5) is 19.1. The summed E-state index contributed by atoms with van der Waals surface area (Å²) >= 11 is 27.4. The van der Waals surface area contributed by atoms with E-state index in [0.717, 1.165) is 94.8 Å². The second kappa shape index (κ2) is 9.44. The minimum absolute atomic E-state index is 0.0351. The van der Waals surface area contributed by atoms with Crippen molar-refractivity contribution in [3.8, 4) is 11.5 Å². The van der Waals surface area contributed by atoms with Crippen molar-refractivity contribution >= 4 is 74.9 Å². The number of nitrogens with zero attached hydrogens (tertiary/aromatic N) is 2. The molecule has 9 heteroatoms. The van der Waals surface area contributed by atoms with Gasteiger partial charge in [0.1, 0.15) is 11.5 Å². The maximum Gasteiger partial charge on any atom is 0.341 e. The zero-order valence-electron chi connectivity index (χ0n) is 27.2. The van der Waals surface area contributed by atoms with Crippen LogP contribution in [0.5, 0.6) is 11.5 Å². The normalized spacial score (nSPS) is 21.5. The van der Waals surface area contributed by atoms with Crippen molar-refractivity contribution in [2.45, 2.75) is 83.9 Å². The summed E-state index contributed by atoms with van der Waals surface area (Å²) in [6, 6.07) is 4.30. The third kappa shape index (κ3) is 3.62. The highest BCUT2D eigenvalue weighted by molar-refractivity contribution is 6.53. The molecule has 0 aliphatic carbocycles. The summed E-state index contributed by atoms with van der Waals surface area (Å²) in [5.41, 5.74) is 9.36. The molecule has 5 nitrogen and oxygen atoms in total. The Morgan fingerprint density at radius 3 is 1.66 bits per heavy atom. The van der Waals surface area contributed by atoms with Gasteiger partial charge in [0, 0.05) is 52.0 Å². The minimum atomic E-state index is -1.47. The number of esters is 1. The van der Waals surface area contributed by atoms with Crippen LogP contribution in [0.1, 0.15) is 104 Å². The van der Waals surface area contributed by atoms with Crippen molar-refractivity contribution in [1.29, 1.82) is 0 Å². The summed E-state index contributed by atoms with van der Waals surface area (Å²) < 4.78 is 14.0. The van der Waals surface area contributed by atoms with Gasteiger partial charge in [-0.3, -0.25) is 0 Å². The van der Waals surface area contributed by atoms with Crippen molar-refractivity contribution in [3.63, 3.8) is 0 Å². The molecule has 0 atom stereocenters. The van der Waals surface area contributed by atoms with E-state index in [1.54, 1.807) is 0 Å². The van der Waals surface area contributed by atoms with Crippen molar-refractivity contribution in [2.24, 2.45) is 0 Å². The molecule has 3 aromatic carbocycles. The van der Waals surface area contributed by atoms with Crippen LogP contribution >= 0.6 is 46.4 Å². The SMILES string of the molecule is CC1=CC(C)(C)N2CCCc3c4c(cc1c32)C1(OC(=O)c2c(Cl)c(Cl)c(Cl)c(Cl)c21)c1cc2c3c(c1O4)CCCN3C(C)(C)C=C2C. The minimum Gasteiger partial charge on any atom is -0.456 e. The van der Waals surface area contributed by atoms with Crippen molar-refractivity contribution < 1.29 is 14.3 Å². The lowest BCUT2D eigenvalue weighted by Crippen LogP contribution is -2.49. The number of hydrogen-bond donors (Lipinski definition) is 0. The molecule has 0 saturated carbocycles. The van der Waals surface area contributed by atoms with Gasteiger partial charge in [-0.2, -0.15) is 0 Å². The van der Waals surface area contributed by atoms with Gasteiger partial charge in [-0.05, 0) is 90.5 Å². The number of fused-ring (bicyclic) bond motifs is 8. The zero-order valence-corrected chi connectivity index (χ0v) is 30.2. The lowest BCUT2D eigenvalue weighted by atomic mass is 9.71. The smallest absolute Gasteiger partial charge is 0.341 e. The lowest BCUT2D eigenvalue weighted by Gasteiger charge is -2.50. The third-order valence-electron chi connectivity index (χ3n) is 11.3. The molecule has 0 radical (unpaired) electrons. The topological polar surface area (TPSA) is 42.0 Å². The first kappa shape index (κ1) is 30.2. The average molecular weight is 709 g/mol. The van der Waals surface area contributed by atoms with Crippen molar-refractivity contribution in [3.05, 3.63) is 88.9 Å². The lowest BCUT2D eigenvalue weighted by molar-refractivity contribution is 0.0223. The molecule has 0 bridgehead atoms. The van der Waals surface area contributed by atoms with E-state index in [9.17, 15) is 4.79 Å². The molecule has 1 spiro atoms. The van der Waals surface area contributed by atoms with Crippen LogP contribution in [0.4, 0.5) is 11.4 Å². The van der Waals surface area contributed by atoms with E-state index in [4.69, 9.17) is 55.9 Å². The molecule has 6 aliphatic rings. The van der Waals surface area contributed by atoms with Crippen LogP contribution in [0.2, 0.25) is 20.1 Å². The van der Waals surface area contributed by atoms with Crippen LogP contribution in [-0.2, 0) is 23.2 Å². The monoisotopic (exact) mass is 706 g/mol. The standard InChI is InChI=1S/C38H34Cl4N2O3/c1-17-15-36(3,4)43-11-7-9-19-31(43)21(17)13-23-33(19)46-34-20-10-8-12-44-32(20)22(18(2)16-37(44,5)6)14-24(34)38(23)26-25(35(45)47-38)27(39)29(41)30(42)28(26)40/h13-16H,7-12H2,1-6H3. The molecule has 6 heterocycles. The van der Waals surface area contributed by atoms with Crippen LogP contribution in [0.25, 0.3) is 11.1 Å². The quantitative estimate of drug-likeness (QED) is 0.132. The number of hydrogen-bond acceptors (Lipinski definition) is 5. The molecule has 3 aromatic rings. The first-order valence-corrected chi connectivity index (χ1v) is 17.8. The van der Waals surface area contributed by atoms with E-state index in [1.807, 2.05) is 0 Å². The summed E-state index contributed by atoms with van der Waals surface area (Å²) in [6.07, 6.45) is 8.23.